The molecule has 0 amide bonds. The van der Waals surface area contributed by atoms with Crippen molar-refractivity contribution in [3.8, 4) is 11.3 Å². The first-order chi connectivity index (χ1) is 9.45. The van der Waals surface area contributed by atoms with Gasteiger partial charge in [-0.1, -0.05) is 31.5 Å². The van der Waals surface area contributed by atoms with Crippen LogP contribution < -0.4 is 5.73 Å². The molecule has 0 saturated carbocycles. The van der Waals surface area contributed by atoms with Crippen LogP contribution >= 0.6 is 11.6 Å². The molecule has 0 saturated heterocycles. The maximum Gasteiger partial charge on any atom is 0.132 e. The molecule has 0 aliphatic heterocycles. The topological polar surface area (TPSA) is 43.8 Å². The summed E-state index contributed by atoms with van der Waals surface area (Å²) in [4.78, 5) is 4.57. The van der Waals surface area contributed by atoms with Crippen molar-refractivity contribution in [2.45, 2.75) is 26.3 Å². The molecule has 1 aromatic carbocycles. The minimum Gasteiger partial charge on any atom is -0.383 e. The summed E-state index contributed by atoms with van der Waals surface area (Å²) >= 11 is 6.09. The standard InChI is InChI=1S/C15H17ClFN3/c1-4-7-20-14(18)13(19-15(20)9(2)3)11-6-5-10(17)8-12(11)16/h4-6,8-9H,1,7,18H2,2-3H3. The van der Waals surface area contributed by atoms with Crippen molar-refractivity contribution in [2.24, 2.45) is 0 Å². The highest BCUT2D eigenvalue weighted by atomic mass is 35.5. The van der Waals surface area contributed by atoms with Gasteiger partial charge in [0.15, 0.2) is 0 Å². The largest absolute Gasteiger partial charge is 0.383 e. The molecular formula is C15H17ClFN3. The first-order valence-electron chi connectivity index (χ1n) is 6.38. The third kappa shape index (κ3) is 2.56. The fraction of sp³-hybridized carbons (Fsp3) is 0.267. The second kappa shape index (κ2) is 5.67. The second-order valence-corrected chi connectivity index (χ2v) is 5.29. The smallest absolute Gasteiger partial charge is 0.132 e. The predicted molar refractivity (Wildman–Crippen MR) is 81.3 cm³/mol. The van der Waals surface area contributed by atoms with Crippen molar-refractivity contribution in [1.82, 2.24) is 9.55 Å². The predicted octanol–water partition coefficient (Wildman–Crippen LogP) is 4.23. The van der Waals surface area contributed by atoms with Crippen LogP contribution in [0.1, 0.15) is 25.6 Å². The first kappa shape index (κ1) is 14.6. The van der Waals surface area contributed by atoms with E-state index in [-0.39, 0.29) is 11.7 Å². The van der Waals surface area contributed by atoms with Gasteiger partial charge in [-0.3, -0.25) is 0 Å². The lowest BCUT2D eigenvalue weighted by Gasteiger charge is -2.09. The van der Waals surface area contributed by atoms with Gasteiger partial charge in [0, 0.05) is 18.0 Å². The van der Waals surface area contributed by atoms with Crippen LogP contribution in [0, 0.1) is 5.82 Å². The molecule has 5 heteroatoms. The van der Waals surface area contributed by atoms with Gasteiger partial charge >= 0.3 is 0 Å². The number of allylic oxidation sites excluding steroid dienone is 1. The maximum atomic E-state index is 13.1. The molecule has 1 heterocycles. The van der Waals surface area contributed by atoms with E-state index in [1.165, 1.54) is 12.1 Å². The summed E-state index contributed by atoms with van der Waals surface area (Å²) in [6.45, 7) is 8.38. The van der Waals surface area contributed by atoms with E-state index in [4.69, 9.17) is 17.3 Å². The highest BCUT2D eigenvalue weighted by molar-refractivity contribution is 6.33. The molecular weight excluding hydrogens is 277 g/mol. The van der Waals surface area contributed by atoms with E-state index in [2.05, 4.69) is 11.6 Å². The second-order valence-electron chi connectivity index (χ2n) is 4.88. The fourth-order valence-corrected chi connectivity index (χ4v) is 2.38. The lowest BCUT2D eigenvalue weighted by molar-refractivity contribution is 0.628. The highest BCUT2D eigenvalue weighted by Crippen LogP contribution is 2.34. The number of rotatable bonds is 4. The van der Waals surface area contributed by atoms with Crippen LogP contribution in [0.2, 0.25) is 5.02 Å². The minimum atomic E-state index is -0.382. The number of hydrogen-bond donors (Lipinski definition) is 1. The van der Waals surface area contributed by atoms with Gasteiger partial charge < -0.3 is 10.3 Å². The molecule has 0 fully saturated rings. The Hall–Kier alpha value is -1.81. The summed E-state index contributed by atoms with van der Waals surface area (Å²) in [5.41, 5.74) is 7.39. The fourth-order valence-electron chi connectivity index (χ4n) is 2.12. The van der Waals surface area contributed by atoms with Gasteiger partial charge in [0.25, 0.3) is 0 Å². The van der Waals surface area contributed by atoms with Crippen LogP contribution in [-0.2, 0) is 6.54 Å². The monoisotopic (exact) mass is 293 g/mol. The zero-order valence-electron chi connectivity index (χ0n) is 11.5. The molecule has 2 rings (SSSR count). The molecule has 3 nitrogen and oxygen atoms in total. The van der Waals surface area contributed by atoms with E-state index in [1.54, 1.807) is 12.1 Å². The number of hydrogen-bond acceptors (Lipinski definition) is 2. The molecule has 0 bridgehead atoms. The summed E-state index contributed by atoms with van der Waals surface area (Å²) in [5, 5.41) is 0.301. The van der Waals surface area contributed by atoms with Gasteiger partial charge in [0.05, 0.1) is 5.02 Å². The van der Waals surface area contributed by atoms with Crippen LogP contribution in [0.15, 0.2) is 30.9 Å². The van der Waals surface area contributed by atoms with E-state index < -0.39 is 0 Å². The summed E-state index contributed by atoms with van der Waals surface area (Å²) in [7, 11) is 0. The SMILES string of the molecule is C=CCn1c(C(C)C)nc(-c2ccc(F)cc2Cl)c1N. The Morgan fingerprint density at radius 3 is 2.75 bits per heavy atom. The van der Waals surface area contributed by atoms with E-state index in [0.29, 0.717) is 28.6 Å². The Morgan fingerprint density at radius 2 is 2.20 bits per heavy atom. The Balaban J connectivity index is 2.62. The molecule has 0 unspecified atom stereocenters. The third-order valence-corrected chi connectivity index (χ3v) is 3.36. The number of anilines is 1. The number of halogens is 2. The van der Waals surface area contributed by atoms with E-state index in [9.17, 15) is 4.39 Å². The molecule has 0 aliphatic rings. The zero-order valence-corrected chi connectivity index (χ0v) is 12.3. The summed E-state index contributed by atoms with van der Waals surface area (Å²) in [5.74, 6) is 1.21. The zero-order chi connectivity index (χ0) is 14.9. The van der Waals surface area contributed by atoms with Gasteiger partial charge in [-0.15, -0.1) is 6.58 Å². The van der Waals surface area contributed by atoms with Crippen molar-refractivity contribution in [2.75, 3.05) is 5.73 Å². The summed E-state index contributed by atoms with van der Waals surface area (Å²) < 4.78 is 15.0. The van der Waals surface area contributed by atoms with Crippen LogP contribution in [0.5, 0.6) is 0 Å². The summed E-state index contributed by atoms with van der Waals surface area (Å²) in [6, 6.07) is 4.21. The quantitative estimate of drug-likeness (QED) is 0.857. The number of nitrogens with two attached hydrogens (primary N) is 1. The van der Waals surface area contributed by atoms with Crippen LogP contribution in [-0.4, -0.2) is 9.55 Å². The Labute approximate surface area is 122 Å². The van der Waals surface area contributed by atoms with Gasteiger partial charge in [0.2, 0.25) is 0 Å². The molecule has 1 aromatic heterocycles. The number of imidazole rings is 1. The normalized spacial score (nSPS) is 11.1. The van der Waals surface area contributed by atoms with E-state index in [1.807, 2.05) is 18.4 Å². The van der Waals surface area contributed by atoms with E-state index in [0.717, 1.165) is 5.82 Å². The van der Waals surface area contributed by atoms with Crippen molar-refractivity contribution >= 4 is 17.4 Å². The van der Waals surface area contributed by atoms with Crippen molar-refractivity contribution in [1.29, 1.82) is 0 Å². The van der Waals surface area contributed by atoms with Crippen molar-refractivity contribution in [3.05, 3.63) is 47.5 Å². The number of benzene rings is 1. The molecule has 0 radical (unpaired) electrons. The molecule has 2 aromatic rings. The van der Waals surface area contributed by atoms with Crippen LogP contribution in [0.4, 0.5) is 10.2 Å². The highest BCUT2D eigenvalue weighted by Gasteiger charge is 2.19. The number of nitrogens with zero attached hydrogens (tertiary/aromatic N) is 2. The minimum absolute atomic E-state index is 0.213. The Bertz CT molecular complexity index is 647. The third-order valence-electron chi connectivity index (χ3n) is 3.05. The lowest BCUT2D eigenvalue weighted by Crippen LogP contribution is -2.07. The average molecular weight is 294 g/mol. The summed E-state index contributed by atoms with van der Waals surface area (Å²) in [6.07, 6.45) is 1.76. The number of nitrogen functional groups attached to an aromatic ring is 1. The lowest BCUT2D eigenvalue weighted by atomic mass is 10.1. The molecule has 0 aliphatic carbocycles. The van der Waals surface area contributed by atoms with Crippen LogP contribution in [0.3, 0.4) is 0 Å². The van der Waals surface area contributed by atoms with Crippen molar-refractivity contribution in [3.63, 3.8) is 0 Å². The Morgan fingerprint density at radius 1 is 1.50 bits per heavy atom. The van der Waals surface area contributed by atoms with Gasteiger partial charge in [-0.05, 0) is 18.2 Å². The number of aromatic nitrogens is 2. The molecule has 0 atom stereocenters. The Kier molecular flexibility index (Phi) is 4.14. The van der Waals surface area contributed by atoms with Crippen LogP contribution in [0.25, 0.3) is 11.3 Å². The van der Waals surface area contributed by atoms with Crippen molar-refractivity contribution < 1.29 is 4.39 Å². The van der Waals surface area contributed by atoms with Gasteiger partial charge in [0.1, 0.15) is 23.2 Å². The molecule has 0 spiro atoms. The van der Waals surface area contributed by atoms with E-state index >= 15 is 0 Å². The maximum absolute atomic E-state index is 13.1. The molecule has 106 valence electrons. The molecule has 20 heavy (non-hydrogen) atoms. The van der Waals surface area contributed by atoms with Gasteiger partial charge in [-0.2, -0.15) is 0 Å². The molecule has 2 N–H and O–H groups in total. The first-order valence-corrected chi connectivity index (χ1v) is 6.75. The average Bonchev–Trinajstić information content (AvgIpc) is 2.68. The van der Waals surface area contributed by atoms with Gasteiger partial charge in [-0.25, -0.2) is 9.37 Å².